The van der Waals surface area contributed by atoms with Gasteiger partial charge in [0.15, 0.2) is 0 Å². The van der Waals surface area contributed by atoms with Crippen LogP contribution >= 0.6 is 0 Å². The maximum absolute atomic E-state index is 11.9. The van der Waals surface area contributed by atoms with Gasteiger partial charge in [0.2, 0.25) is 11.9 Å². The molecule has 1 aliphatic rings. The smallest absolute Gasteiger partial charge is 0.241 e. The summed E-state index contributed by atoms with van der Waals surface area (Å²) in [5, 5.41) is 2.94. The molecule has 0 spiro atoms. The summed E-state index contributed by atoms with van der Waals surface area (Å²) in [6, 6.07) is 1.92. The molecule has 1 N–H and O–H groups in total. The molecule has 18 heavy (non-hydrogen) atoms. The number of carbonyl (C=O) groups excluding carboxylic acids is 1. The van der Waals surface area contributed by atoms with Crippen LogP contribution in [0.4, 0.5) is 11.8 Å². The number of hydrogen-bond donors (Lipinski definition) is 1. The van der Waals surface area contributed by atoms with E-state index in [1.165, 1.54) is 0 Å². The summed E-state index contributed by atoms with van der Waals surface area (Å²) in [6.45, 7) is 3.96. The summed E-state index contributed by atoms with van der Waals surface area (Å²) in [5.74, 6) is 1.54. The highest BCUT2D eigenvalue weighted by atomic mass is 16.2. The summed E-state index contributed by atoms with van der Waals surface area (Å²) in [5.41, 5.74) is 0.898. The van der Waals surface area contributed by atoms with Crippen LogP contribution in [0.15, 0.2) is 6.07 Å². The molecule has 1 saturated heterocycles. The Kier molecular flexibility index (Phi) is 3.64. The van der Waals surface area contributed by atoms with Crippen LogP contribution in [0, 0.1) is 6.92 Å². The summed E-state index contributed by atoms with van der Waals surface area (Å²) in [4.78, 5) is 24.3. The van der Waals surface area contributed by atoms with Gasteiger partial charge in [-0.05, 0) is 13.3 Å². The third kappa shape index (κ3) is 2.69. The zero-order valence-corrected chi connectivity index (χ0v) is 11.1. The van der Waals surface area contributed by atoms with Crippen molar-refractivity contribution >= 4 is 17.7 Å². The number of anilines is 2. The lowest BCUT2D eigenvalue weighted by molar-refractivity contribution is -0.127. The number of amides is 1. The van der Waals surface area contributed by atoms with Crippen molar-refractivity contribution in [3.63, 3.8) is 0 Å². The van der Waals surface area contributed by atoms with Gasteiger partial charge in [-0.1, -0.05) is 0 Å². The second-order valence-electron chi connectivity index (χ2n) is 4.53. The van der Waals surface area contributed by atoms with Crippen LogP contribution in [0.2, 0.25) is 0 Å². The first-order valence-corrected chi connectivity index (χ1v) is 6.12. The number of nitrogens with zero attached hydrogens (tertiary/aromatic N) is 4. The normalized spacial score (nSPS) is 16.7. The minimum atomic E-state index is 0.134. The molecule has 0 aliphatic carbocycles. The first kappa shape index (κ1) is 12.6. The van der Waals surface area contributed by atoms with Crippen LogP contribution in [0.3, 0.4) is 0 Å². The van der Waals surface area contributed by atoms with Gasteiger partial charge in [-0.25, -0.2) is 4.98 Å². The molecule has 0 atom stereocenters. The van der Waals surface area contributed by atoms with Crippen molar-refractivity contribution in [1.82, 2.24) is 14.9 Å². The molecular weight excluding hydrogens is 230 g/mol. The number of carbonyl (C=O) groups is 1. The molecule has 1 amide bonds. The van der Waals surface area contributed by atoms with Gasteiger partial charge in [-0.3, -0.25) is 4.79 Å². The van der Waals surface area contributed by atoms with E-state index in [4.69, 9.17) is 0 Å². The standard InChI is InChI=1S/C12H19N5O/c1-9-7-10(15-12(13-2)14-9)17-6-4-5-16(3)11(18)8-17/h7H,4-6,8H2,1-3H3,(H,13,14,15). The average Bonchev–Trinajstić information content (AvgIpc) is 2.51. The van der Waals surface area contributed by atoms with Gasteiger partial charge in [0.1, 0.15) is 5.82 Å². The van der Waals surface area contributed by atoms with Crippen LogP contribution in [-0.2, 0) is 4.79 Å². The van der Waals surface area contributed by atoms with E-state index in [1.54, 1.807) is 11.9 Å². The van der Waals surface area contributed by atoms with Crippen LogP contribution in [0.1, 0.15) is 12.1 Å². The molecule has 98 valence electrons. The maximum Gasteiger partial charge on any atom is 0.241 e. The molecule has 1 fully saturated rings. The van der Waals surface area contributed by atoms with Gasteiger partial charge in [0, 0.05) is 38.9 Å². The number of hydrogen-bond acceptors (Lipinski definition) is 5. The highest BCUT2D eigenvalue weighted by Gasteiger charge is 2.20. The Morgan fingerprint density at radius 2 is 2.11 bits per heavy atom. The summed E-state index contributed by atoms with van der Waals surface area (Å²) >= 11 is 0. The lowest BCUT2D eigenvalue weighted by atomic mass is 10.3. The second kappa shape index (κ2) is 5.20. The summed E-state index contributed by atoms with van der Waals surface area (Å²) in [7, 11) is 3.63. The van der Waals surface area contributed by atoms with Crippen molar-refractivity contribution < 1.29 is 4.79 Å². The molecule has 0 aromatic carbocycles. The highest BCUT2D eigenvalue weighted by molar-refractivity contribution is 5.81. The number of likely N-dealkylation sites (N-methyl/N-ethyl adjacent to an activating group) is 1. The number of aromatic nitrogens is 2. The monoisotopic (exact) mass is 249 g/mol. The Hall–Kier alpha value is -1.85. The number of rotatable bonds is 2. The molecule has 1 aromatic rings. The first-order valence-electron chi connectivity index (χ1n) is 6.12. The number of nitrogens with one attached hydrogen (secondary N) is 1. The summed E-state index contributed by atoms with van der Waals surface area (Å²) in [6.07, 6.45) is 0.959. The molecular formula is C12H19N5O. The second-order valence-corrected chi connectivity index (χ2v) is 4.53. The molecule has 1 aromatic heterocycles. The molecule has 6 heteroatoms. The van der Waals surface area contributed by atoms with Gasteiger partial charge in [0.05, 0.1) is 6.54 Å². The fourth-order valence-corrected chi connectivity index (χ4v) is 2.01. The van der Waals surface area contributed by atoms with Gasteiger partial charge < -0.3 is 15.1 Å². The Bertz CT molecular complexity index is 448. The van der Waals surface area contributed by atoms with E-state index in [2.05, 4.69) is 15.3 Å². The van der Waals surface area contributed by atoms with Crippen molar-refractivity contribution in [2.24, 2.45) is 0 Å². The minimum absolute atomic E-state index is 0.134. The zero-order valence-electron chi connectivity index (χ0n) is 11.1. The molecule has 0 radical (unpaired) electrons. The fraction of sp³-hybridized carbons (Fsp3) is 0.583. The SMILES string of the molecule is CNc1nc(C)cc(N2CCCN(C)C(=O)C2)n1. The van der Waals surface area contributed by atoms with E-state index in [0.29, 0.717) is 12.5 Å². The highest BCUT2D eigenvalue weighted by Crippen LogP contribution is 2.16. The van der Waals surface area contributed by atoms with Crippen molar-refractivity contribution in [2.75, 3.05) is 43.9 Å². The Balaban J connectivity index is 2.24. The Morgan fingerprint density at radius 3 is 2.83 bits per heavy atom. The molecule has 2 heterocycles. The van der Waals surface area contributed by atoms with E-state index >= 15 is 0 Å². The van der Waals surface area contributed by atoms with Gasteiger partial charge in [-0.15, -0.1) is 0 Å². The van der Waals surface area contributed by atoms with Gasteiger partial charge in [0.25, 0.3) is 0 Å². The van der Waals surface area contributed by atoms with E-state index in [0.717, 1.165) is 31.0 Å². The molecule has 2 rings (SSSR count). The quantitative estimate of drug-likeness (QED) is 0.827. The average molecular weight is 249 g/mol. The van der Waals surface area contributed by atoms with Gasteiger partial charge >= 0.3 is 0 Å². The molecule has 0 saturated carbocycles. The van der Waals surface area contributed by atoms with E-state index < -0.39 is 0 Å². The van der Waals surface area contributed by atoms with Crippen LogP contribution in [-0.4, -0.2) is 54.5 Å². The van der Waals surface area contributed by atoms with E-state index in [1.807, 2.05) is 24.9 Å². The van der Waals surface area contributed by atoms with Crippen molar-refractivity contribution in [1.29, 1.82) is 0 Å². The van der Waals surface area contributed by atoms with Gasteiger partial charge in [-0.2, -0.15) is 4.98 Å². The zero-order chi connectivity index (χ0) is 13.1. The third-order valence-electron chi connectivity index (χ3n) is 3.06. The fourth-order valence-electron chi connectivity index (χ4n) is 2.01. The largest absolute Gasteiger partial charge is 0.357 e. The molecule has 6 nitrogen and oxygen atoms in total. The Morgan fingerprint density at radius 1 is 1.33 bits per heavy atom. The summed E-state index contributed by atoms with van der Waals surface area (Å²) < 4.78 is 0. The van der Waals surface area contributed by atoms with E-state index in [9.17, 15) is 4.79 Å². The minimum Gasteiger partial charge on any atom is -0.357 e. The van der Waals surface area contributed by atoms with Crippen LogP contribution in [0.25, 0.3) is 0 Å². The maximum atomic E-state index is 11.9. The van der Waals surface area contributed by atoms with E-state index in [-0.39, 0.29) is 5.91 Å². The molecule has 0 unspecified atom stereocenters. The lowest BCUT2D eigenvalue weighted by Gasteiger charge is -2.21. The topological polar surface area (TPSA) is 61.4 Å². The number of aryl methyl sites for hydroxylation is 1. The third-order valence-corrected chi connectivity index (χ3v) is 3.06. The van der Waals surface area contributed by atoms with Crippen molar-refractivity contribution in [2.45, 2.75) is 13.3 Å². The van der Waals surface area contributed by atoms with Crippen molar-refractivity contribution in [3.8, 4) is 0 Å². The predicted octanol–water partition coefficient (Wildman–Crippen LogP) is 0.495. The lowest BCUT2D eigenvalue weighted by Crippen LogP contribution is -2.34. The first-order chi connectivity index (χ1) is 8.60. The Labute approximate surface area is 107 Å². The van der Waals surface area contributed by atoms with Crippen LogP contribution < -0.4 is 10.2 Å². The predicted molar refractivity (Wildman–Crippen MR) is 70.8 cm³/mol. The molecule has 1 aliphatic heterocycles. The van der Waals surface area contributed by atoms with Crippen molar-refractivity contribution in [3.05, 3.63) is 11.8 Å². The van der Waals surface area contributed by atoms with Crippen LogP contribution in [0.5, 0.6) is 0 Å². The molecule has 0 bridgehead atoms.